The standard InChI is InChI=1S/C17H18BrFN2O2/c1-21(10-12-6-8-13(19)9-7-12)17(22)20-16-5-3-4-15(18)14(16)11-23-2/h3-9H,10-11H2,1-2H3,(H,20,22). The van der Waals surface area contributed by atoms with Crippen LogP contribution in [0.4, 0.5) is 14.9 Å². The van der Waals surface area contributed by atoms with Crippen molar-refractivity contribution in [1.29, 1.82) is 0 Å². The van der Waals surface area contributed by atoms with Crippen molar-refractivity contribution < 1.29 is 13.9 Å². The van der Waals surface area contributed by atoms with Gasteiger partial charge in [-0.05, 0) is 29.8 Å². The van der Waals surface area contributed by atoms with Gasteiger partial charge in [0, 0.05) is 36.4 Å². The zero-order chi connectivity index (χ0) is 16.8. The lowest BCUT2D eigenvalue weighted by molar-refractivity contribution is 0.184. The number of nitrogens with one attached hydrogen (secondary N) is 1. The number of anilines is 1. The maximum absolute atomic E-state index is 12.9. The topological polar surface area (TPSA) is 41.6 Å². The molecule has 2 rings (SSSR count). The van der Waals surface area contributed by atoms with Crippen molar-refractivity contribution in [3.8, 4) is 0 Å². The molecule has 0 aromatic heterocycles. The molecule has 0 aliphatic rings. The van der Waals surface area contributed by atoms with Crippen LogP contribution >= 0.6 is 15.9 Å². The summed E-state index contributed by atoms with van der Waals surface area (Å²) in [7, 11) is 3.29. The molecule has 4 nitrogen and oxygen atoms in total. The first-order valence-corrected chi connectivity index (χ1v) is 7.83. The van der Waals surface area contributed by atoms with Crippen molar-refractivity contribution >= 4 is 27.6 Å². The van der Waals surface area contributed by atoms with Gasteiger partial charge in [0.15, 0.2) is 0 Å². The van der Waals surface area contributed by atoms with Crippen molar-refractivity contribution in [1.82, 2.24) is 4.90 Å². The Hall–Kier alpha value is -1.92. The Balaban J connectivity index is 2.06. The Kier molecular flexibility index (Phi) is 6.12. The molecule has 0 bridgehead atoms. The summed E-state index contributed by atoms with van der Waals surface area (Å²) in [6.45, 7) is 0.776. The van der Waals surface area contributed by atoms with E-state index in [1.807, 2.05) is 18.2 Å². The first kappa shape index (κ1) is 17.4. The number of nitrogens with zero attached hydrogens (tertiary/aromatic N) is 1. The predicted molar refractivity (Wildman–Crippen MR) is 91.7 cm³/mol. The largest absolute Gasteiger partial charge is 0.380 e. The van der Waals surface area contributed by atoms with E-state index in [0.29, 0.717) is 18.8 Å². The number of carbonyl (C=O) groups excluding carboxylic acids is 1. The van der Waals surface area contributed by atoms with Crippen molar-refractivity contribution in [2.24, 2.45) is 0 Å². The average molecular weight is 381 g/mol. The number of hydrogen-bond acceptors (Lipinski definition) is 2. The molecule has 0 atom stereocenters. The minimum atomic E-state index is -0.292. The summed E-state index contributed by atoms with van der Waals surface area (Å²) in [4.78, 5) is 13.9. The molecule has 0 saturated carbocycles. The van der Waals surface area contributed by atoms with Crippen LogP contribution in [0.5, 0.6) is 0 Å². The van der Waals surface area contributed by atoms with Crippen LogP contribution in [0.3, 0.4) is 0 Å². The second-order valence-corrected chi connectivity index (χ2v) is 5.97. The number of benzene rings is 2. The predicted octanol–water partition coefficient (Wildman–Crippen LogP) is 4.40. The highest BCUT2D eigenvalue weighted by Gasteiger charge is 2.13. The van der Waals surface area contributed by atoms with Gasteiger partial charge in [0.2, 0.25) is 0 Å². The number of methoxy groups -OCH3 is 1. The molecule has 0 fully saturated rings. The van der Waals surface area contributed by atoms with E-state index in [1.165, 1.54) is 17.0 Å². The molecule has 23 heavy (non-hydrogen) atoms. The number of hydrogen-bond donors (Lipinski definition) is 1. The van der Waals surface area contributed by atoms with Gasteiger partial charge in [-0.3, -0.25) is 0 Å². The van der Waals surface area contributed by atoms with Crippen molar-refractivity contribution in [3.05, 3.63) is 63.9 Å². The fourth-order valence-electron chi connectivity index (χ4n) is 2.11. The van der Waals surface area contributed by atoms with Gasteiger partial charge in [-0.15, -0.1) is 0 Å². The lowest BCUT2D eigenvalue weighted by atomic mass is 10.2. The molecule has 0 heterocycles. The molecule has 2 aromatic carbocycles. The van der Waals surface area contributed by atoms with E-state index in [4.69, 9.17) is 4.74 Å². The summed E-state index contributed by atoms with van der Waals surface area (Å²) >= 11 is 3.46. The summed E-state index contributed by atoms with van der Waals surface area (Å²) in [6.07, 6.45) is 0. The number of rotatable bonds is 5. The minimum Gasteiger partial charge on any atom is -0.380 e. The van der Waals surface area contributed by atoms with E-state index in [-0.39, 0.29) is 11.8 Å². The lowest BCUT2D eigenvalue weighted by Gasteiger charge is -2.20. The fourth-order valence-corrected chi connectivity index (χ4v) is 2.59. The first-order valence-electron chi connectivity index (χ1n) is 7.04. The van der Waals surface area contributed by atoms with E-state index in [2.05, 4.69) is 21.2 Å². The van der Waals surface area contributed by atoms with Crippen LogP contribution in [0, 0.1) is 5.82 Å². The molecule has 1 N–H and O–H groups in total. The maximum atomic E-state index is 12.9. The van der Waals surface area contributed by atoms with E-state index in [1.54, 1.807) is 26.3 Å². The van der Waals surface area contributed by atoms with Crippen molar-refractivity contribution in [3.63, 3.8) is 0 Å². The molecule has 0 aliphatic heterocycles. The third-order valence-corrected chi connectivity index (χ3v) is 4.07. The highest BCUT2D eigenvalue weighted by Crippen LogP contribution is 2.25. The van der Waals surface area contributed by atoms with Crippen LogP contribution in [0.1, 0.15) is 11.1 Å². The Labute approximate surface area is 143 Å². The number of ether oxygens (including phenoxy) is 1. The zero-order valence-electron chi connectivity index (χ0n) is 13.0. The molecule has 6 heteroatoms. The van der Waals surface area contributed by atoms with Crippen LogP contribution in [-0.2, 0) is 17.9 Å². The lowest BCUT2D eigenvalue weighted by Crippen LogP contribution is -2.31. The third kappa shape index (κ3) is 4.77. The monoisotopic (exact) mass is 380 g/mol. The fraction of sp³-hybridized carbons (Fsp3) is 0.235. The van der Waals surface area contributed by atoms with Gasteiger partial charge in [0.05, 0.1) is 6.61 Å². The van der Waals surface area contributed by atoms with E-state index >= 15 is 0 Å². The van der Waals surface area contributed by atoms with Crippen LogP contribution in [-0.4, -0.2) is 25.1 Å². The summed E-state index contributed by atoms with van der Waals surface area (Å²) in [5.41, 5.74) is 2.42. The molecule has 0 radical (unpaired) electrons. The normalized spacial score (nSPS) is 10.4. The second kappa shape index (κ2) is 8.08. The van der Waals surface area contributed by atoms with Gasteiger partial charge in [-0.1, -0.05) is 34.1 Å². The quantitative estimate of drug-likeness (QED) is 0.834. The van der Waals surface area contributed by atoms with Gasteiger partial charge < -0.3 is 15.0 Å². The van der Waals surface area contributed by atoms with Crippen molar-refractivity contribution in [2.45, 2.75) is 13.2 Å². The molecular formula is C17H18BrFN2O2. The minimum absolute atomic E-state index is 0.246. The van der Waals surface area contributed by atoms with E-state index in [0.717, 1.165) is 15.6 Å². The molecule has 0 saturated heterocycles. The first-order chi connectivity index (χ1) is 11.0. The second-order valence-electron chi connectivity index (χ2n) is 5.11. The number of urea groups is 1. The SMILES string of the molecule is COCc1c(Br)cccc1NC(=O)N(C)Cc1ccc(F)cc1. The van der Waals surface area contributed by atoms with Crippen LogP contribution in [0.25, 0.3) is 0 Å². The summed E-state index contributed by atoms with van der Waals surface area (Å²) < 4.78 is 19.0. The Morgan fingerprint density at radius 1 is 1.26 bits per heavy atom. The van der Waals surface area contributed by atoms with Crippen LogP contribution < -0.4 is 5.32 Å². The molecular weight excluding hydrogens is 363 g/mol. The Bertz CT molecular complexity index is 677. The smallest absolute Gasteiger partial charge is 0.321 e. The summed E-state index contributed by atoms with van der Waals surface area (Å²) in [6, 6.07) is 11.4. The Morgan fingerprint density at radius 2 is 1.96 bits per heavy atom. The molecule has 0 unspecified atom stereocenters. The van der Waals surface area contributed by atoms with E-state index in [9.17, 15) is 9.18 Å². The van der Waals surface area contributed by atoms with Crippen molar-refractivity contribution in [2.75, 3.05) is 19.5 Å². The van der Waals surface area contributed by atoms with Crippen LogP contribution in [0.15, 0.2) is 46.9 Å². The summed E-state index contributed by atoms with van der Waals surface area (Å²) in [5, 5.41) is 2.87. The van der Waals surface area contributed by atoms with Gasteiger partial charge in [0.1, 0.15) is 5.82 Å². The molecule has 0 spiro atoms. The molecule has 122 valence electrons. The number of carbonyl (C=O) groups is 1. The van der Waals surface area contributed by atoms with Crippen LogP contribution in [0.2, 0.25) is 0 Å². The zero-order valence-corrected chi connectivity index (χ0v) is 14.6. The molecule has 2 amide bonds. The van der Waals surface area contributed by atoms with Gasteiger partial charge in [-0.25, -0.2) is 9.18 Å². The van der Waals surface area contributed by atoms with Gasteiger partial charge >= 0.3 is 6.03 Å². The molecule has 0 aliphatic carbocycles. The average Bonchev–Trinajstić information content (AvgIpc) is 2.53. The highest BCUT2D eigenvalue weighted by atomic mass is 79.9. The molecule has 2 aromatic rings. The summed E-state index contributed by atoms with van der Waals surface area (Å²) in [5.74, 6) is -0.292. The number of halogens is 2. The van der Waals surface area contributed by atoms with Gasteiger partial charge in [0.25, 0.3) is 0 Å². The Morgan fingerprint density at radius 3 is 2.61 bits per heavy atom. The van der Waals surface area contributed by atoms with E-state index < -0.39 is 0 Å². The third-order valence-electron chi connectivity index (χ3n) is 3.33. The highest BCUT2D eigenvalue weighted by molar-refractivity contribution is 9.10. The van der Waals surface area contributed by atoms with Gasteiger partial charge in [-0.2, -0.15) is 0 Å². The number of amides is 2. The maximum Gasteiger partial charge on any atom is 0.321 e.